The molecule has 1 aliphatic heterocycles. The number of ether oxygens (including phenoxy) is 1. The fourth-order valence-corrected chi connectivity index (χ4v) is 4.44. The molecular weight excluding hydrogens is 460 g/mol. The number of nitrogens with one attached hydrogen (secondary N) is 3. The van der Waals surface area contributed by atoms with Crippen LogP contribution in [0, 0.1) is 5.92 Å². The summed E-state index contributed by atoms with van der Waals surface area (Å²) in [6, 6.07) is 13.1. The van der Waals surface area contributed by atoms with Gasteiger partial charge in [-0.3, -0.25) is 19.6 Å². The summed E-state index contributed by atoms with van der Waals surface area (Å²) in [4.78, 5) is 38.6. The molecule has 0 aromatic heterocycles. The van der Waals surface area contributed by atoms with Gasteiger partial charge in [0.15, 0.2) is 0 Å². The van der Waals surface area contributed by atoms with Gasteiger partial charge in [-0.1, -0.05) is 38.8 Å². The maximum atomic E-state index is 13.0. The van der Waals surface area contributed by atoms with Crippen LogP contribution >= 0.6 is 0 Å². The number of carbonyl (C=O) groups is 3. The van der Waals surface area contributed by atoms with Gasteiger partial charge in [0.1, 0.15) is 11.8 Å². The molecule has 1 atom stereocenters. The zero-order valence-electron chi connectivity index (χ0n) is 21.2. The summed E-state index contributed by atoms with van der Waals surface area (Å²) in [7, 11) is 1.63. The van der Waals surface area contributed by atoms with Crippen LogP contribution in [0.25, 0.3) is 0 Å². The first-order chi connectivity index (χ1) is 17.3. The normalized spacial score (nSPS) is 14.8. The number of hydroxylamine groups is 1. The van der Waals surface area contributed by atoms with Crippen molar-refractivity contribution in [2.45, 2.75) is 65.0 Å². The van der Waals surface area contributed by atoms with Gasteiger partial charge in [0.05, 0.1) is 18.5 Å². The van der Waals surface area contributed by atoms with E-state index in [-0.39, 0.29) is 30.2 Å². The Morgan fingerprint density at radius 1 is 1.03 bits per heavy atom. The molecule has 0 saturated carbocycles. The highest BCUT2D eigenvalue weighted by atomic mass is 16.5. The molecule has 9 nitrogen and oxygen atoms in total. The molecule has 0 bridgehead atoms. The summed E-state index contributed by atoms with van der Waals surface area (Å²) in [5, 5.41) is 14.4. The maximum absolute atomic E-state index is 13.0. The highest BCUT2D eigenvalue weighted by Crippen LogP contribution is 2.37. The van der Waals surface area contributed by atoms with Crippen molar-refractivity contribution in [3.63, 3.8) is 0 Å². The number of benzene rings is 2. The van der Waals surface area contributed by atoms with Crippen molar-refractivity contribution in [3.05, 3.63) is 48.0 Å². The van der Waals surface area contributed by atoms with E-state index in [4.69, 9.17) is 9.94 Å². The van der Waals surface area contributed by atoms with E-state index in [1.165, 1.54) is 0 Å². The summed E-state index contributed by atoms with van der Waals surface area (Å²) in [6.45, 7) is 4.64. The van der Waals surface area contributed by atoms with Crippen molar-refractivity contribution in [2.24, 2.45) is 5.92 Å². The number of unbranched alkanes of at least 4 members (excludes halogenated alkanes) is 3. The van der Waals surface area contributed by atoms with Crippen molar-refractivity contribution in [2.75, 3.05) is 22.6 Å². The van der Waals surface area contributed by atoms with E-state index in [9.17, 15) is 14.4 Å². The van der Waals surface area contributed by atoms with Crippen LogP contribution < -0.4 is 25.8 Å². The minimum atomic E-state index is -0.394. The lowest BCUT2D eigenvalue weighted by molar-refractivity contribution is -0.129. The van der Waals surface area contributed by atoms with Crippen molar-refractivity contribution < 1.29 is 24.3 Å². The molecule has 2 aromatic carbocycles. The van der Waals surface area contributed by atoms with Crippen LogP contribution in [0.2, 0.25) is 0 Å². The number of methoxy groups -OCH3 is 1. The molecule has 0 unspecified atom stereocenters. The van der Waals surface area contributed by atoms with Crippen molar-refractivity contribution in [1.82, 2.24) is 5.48 Å². The first-order valence-corrected chi connectivity index (χ1v) is 12.4. The molecule has 9 heteroatoms. The van der Waals surface area contributed by atoms with E-state index in [2.05, 4.69) is 15.5 Å². The highest BCUT2D eigenvalue weighted by Gasteiger charge is 2.35. The highest BCUT2D eigenvalue weighted by molar-refractivity contribution is 6.05. The number of hydrogen-bond donors (Lipinski definition) is 4. The molecule has 4 N–H and O–H groups in total. The van der Waals surface area contributed by atoms with E-state index in [0.29, 0.717) is 37.2 Å². The number of rotatable bonds is 12. The molecule has 36 heavy (non-hydrogen) atoms. The predicted octanol–water partition coefficient (Wildman–Crippen LogP) is 4.46. The molecule has 0 fully saturated rings. The summed E-state index contributed by atoms with van der Waals surface area (Å²) < 4.78 is 5.26. The number of carbonyl (C=O) groups excluding carboxylic acids is 3. The lowest BCUT2D eigenvalue weighted by atomic mass is 9.96. The van der Waals surface area contributed by atoms with Crippen LogP contribution in [0.15, 0.2) is 42.5 Å². The first-order valence-electron chi connectivity index (χ1n) is 12.4. The zero-order valence-corrected chi connectivity index (χ0v) is 21.2. The van der Waals surface area contributed by atoms with Crippen molar-refractivity contribution >= 4 is 34.8 Å². The first kappa shape index (κ1) is 27.0. The lowest BCUT2D eigenvalue weighted by Crippen LogP contribution is -2.50. The van der Waals surface area contributed by atoms with Gasteiger partial charge in [-0.05, 0) is 54.7 Å². The number of hydrogen-bond acceptors (Lipinski definition) is 6. The Morgan fingerprint density at radius 3 is 2.31 bits per heavy atom. The van der Waals surface area contributed by atoms with Crippen LogP contribution in [0.4, 0.5) is 17.1 Å². The molecule has 0 saturated heterocycles. The Bertz CT molecular complexity index is 1050. The number of anilines is 3. The fourth-order valence-electron chi connectivity index (χ4n) is 4.44. The Labute approximate surface area is 212 Å². The number of fused-ring (bicyclic) bond motifs is 1. The molecule has 2 aromatic rings. The second-order valence-corrected chi connectivity index (χ2v) is 9.38. The van der Waals surface area contributed by atoms with Gasteiger partial charge < -0.3 is 20.3 Å². The average Bonchev–Trinajstić information content (AvgIpc) is 2.85. The third-order valence-electron chi connectivity index (χ3n) is 6.28. The Morgan fingerprint density at radius 2 is 1.69 bits per heavy atom. The third kappa shape index (κ3) is 7.21. The Hall–Kier alpha value is -3.59. The van der Waals surface area contributed by atoms with E-state index >= 15 is 0 Å². The summed E-state index contributed by atoms with van der Waals surface area (Å²) in [6.07, 6.45) is 3.66. The van der Waals surface area contributed by atoms with Gasteiger partial charge in [0, 0.05) is 25.1 Å². The SMILES string of the molecule is COc1ccc(CN2c3ccc(NC(=O)CCCCCCC(=O)NO)cc3NC(=O)[C@H]2C(C)C)cc1. The predicted molar refractivity (Wildman–Crippen MR) is 139 cm³/mol. The second-order valence-electron chi connectivity index (χ2n) is 9.38. The standard InChI is InChI=1S/C27H36N4O5/c1-18(2)26-27(34)29-22-16-20(28-24(32)8-6-4-5-7-9-25(33)30-35)12-15-23(22)31(26)17-19-10-13-21(36-3)14-11-19/h10-16,18,26,35H,4-9,17H2,1-3H3,(H,28,32)(H,29,34)(H,30,33)/t26-/m1/s1. The minimum Gasteiger partial charge on any atom is -0.497 e. The van der Waals surface area contributed by atoms with Crippen LogP contribution in [0.1, 0.15) is 57.9 Å². The van der Waals surface area contributed by atoms with Crippen LogP contribution in [-0.4, -0.2) is 36.1 Å². The van der Waals surface area contributed by atoms with Crippen LogP contribution in [0.5, 0.6) is 5.75 Å². The molecule has 1 heterocycles. The van der Waals surface area contributed by atoms with Gasteiger partial charge in [0.2, 0.25) is 17.7 Å². The molecule has 194 valence electrons. The monoisotopic (exact) mass is 496 g/mol. The van der Waals surface area contributed by atoms with Gasteiger partial charge in [-0.2, -0.15) is 0 Å². The quantitative estimate of drug-likeness (QED) is 0.196. The van der Waals surface area contributed by atoms with E-state index < -0.39 is 5.91 Å². The molecule has 0 aliphatic carbocycles. The second kappa shape index (κ2) is 12.9. The Balaban J connectivity index is 1.64. The maximum Gasteiger partial charge on any atom is 0.247 e. The van der Waals surface area contributed by atoms with E-state index in [0.717, 1.165) is 29.8 Å². The average molecular weight is 497 g/mol. The van der Waals surface area contributed by atoms with Crippen molar-refractivity contribution in [3.8, 4) is 5.75 Å². The van der Waals surface area contributed by atoms with E-state index in [1.54, 1.807) is 18.7 Å². The summed E-state index contributed by atoms with van der Waals surface area (Å²) in [5.74, 6) is 0.332. The van der Waals surface area contributed by atoms with Gasteiger partial charge in [0.25, 0.3) is 0 Å². The van der Waals surface area contributed by atoms with Crippen LogP contribution in [0.3, 0.4) is 0 Å². The molecule has 3 rings (SSSR count). The van der Waals surface area contributed by atoms with Crippen LogP contribution in [-0.2, 0) is 20.9 Å². The number of nitrogens with zero attached hydrogens (tertiary/aromatic N) is 1. The smallest absolute Gasteiger partial charge is 0.247 e. The van der Waals surface area contributed by atoms with Gasteiger partial charge in [-0.15, -0.1) is 0 Å². The third-order valence-corrected chi connectivity index (χ3v) is 6.28. The number of amides is 3. The molecular formula is C27H36N4O5. The topological polar surface area (TPSA) is 120 Å². The molecule has 3 amide bonds. The minimum absolute atomic E-state index is 0.0654. The molecule has 0 spiro atoms. The van der Waals surface area contributed by atoms with Crippen molar-refractivity contribution in [1.29, 1.82) is 0 Å². The molecule has 0 radical (unpaired) electrons. The van der Waals surface area contributed by atoms with Gasteiger partial charge >= 0.3 is 0 Å². The lowest BCUT2D eigenvalue weighted by Gasteiger charge is -2.40. The zero-order chi connectivity index (χ0) is 26.1. The molecule has 1 aliphatic rings. The summed E-state index contributed by atoms with van der Waals surface area (Å²) >= 11 is 0. The van der Waals surface area contributed by atoms with Gasteiger partial charge in [-0.25, -0.2) is 5.48 Å². The Kier molecular flexibility index (Phi) is 9.69. The fraction of sp³-hybridized carbons (Fsp3) is 0.444. The largest absolute Gasteiger partial charge is 0.497 e. The van der Waals surface area contributed by atoms with E-state index in [1.807, 2.05) is 50.2 Å². The summed E-state index contributed by atoms with van der Waals surface area (Å²) in [5.41, 5.74) is 4.90.